The van der Waals surface area contributed by atoms with E-state index in [-0.39, 0.29) is 5.69 Å². The highest BCUT2D eigenvalue weighted by molar-refractivity contribution is 7.17. The van der Waals surface area contributed by atoms with Crippen LogP contribution in [0.2, 0.25) is 0 Å². The van der Waals surface area contributed by atoms with Gasteiger partial charge in [-0.1, -0.05) is 0 Å². The number of aromatic nitrogens is 4. The minimum Gasteiger partial charge on any atom is -0.476 e. The molecular formula is C10H6N4O2S. The van der Waals surface area contributed by atoms with Crippen LogP contribution in [0.15, 0.2) is 30.0 Å². The quantitative estimate of drug-likeness (QED) is 0.742. The summed E-state index contributed by atoms with van der Waals surface area (Å²) in [5, 5.41) is 14.7. The smallest absolute Gasteiger partial charge is 0.356 e. The molecule has 17 heavy (non-hydrogen) atoms. The Hall–Kier alpha value is -2.28. The van der Waals surface area contributed by atoms with Gasteiger partial charge in [0.05, 0.1) is 10.2 Å². The fourth-order valence-corrected chi connectivity index (χ4v) is 2.32. The summed E-state index contributed by atoms with van der Waals surface area (Å²) in [5.41, 5.74) is 0.820. The van der Waals surface area contributed by atoms with E-state index >= 15 is 0 Å². The van der Waals surface area contributed by atoms with E-state index in [0.29, 0.717) is 5.82 Å². The molecule has 0 aliphatic heterocycles. The van der Waals surface area contributed by atoms with Gasteiger partial charge in [-0.05, 0) is 17.5 Å². The fraction of sp³-hybridized carbons (Fsp3) is 0. The van der Waals surface area contributed by atoms with Gasteiger partial charge in [0.1, 0.15) is 6.33 Å². The predicted molar refractivity (Wildman–Crippen MR) is 61.5 cm³/mol. The second kappa shape index (κ2) is 3.63. The third-order valence-corrected chi connectivity index (χ3v) is 3.15. The number of fused-ring (bicyclic) bond motifs is 1. The van der Waals surface area contributed by atoms with Crippen LogP contribution in [0.5, 0.6) is 0 Å². The minimum atomic E-state index is -1.06. The molecule has 0 saturated carbocycles. The monoisotopic (exact) mass is 246 g/mol. The minimum absolute atomic E-state index is 0.00619. The summed E-state index contributed by atoms with van der Waals surface area (Å²) in [6, 6.07) is 3.32. The number of carboxylic acid groups (broad SMARTS) is 1. The van der Waals surface area contributed by atoms with Crippen molar-refractivity contribution < 1.29 is 9.90 Å². The molecule has 0 amide bonds. The highest BCUT2D eigenvalue weighted by atomic mass is 32.1. The number of thiophene rings is 1. The van der Waals surface area contributed by atoms with E-state index in [9.17, 15) is 4.79 Å². The molecule has 84 valence electrons. The first-order chi connectivity index (χ1) is 8.25. The summed E-state index contributed by atoms with van der Waals surface area (Å²) < 4.78 is 2.33. The highest BCUT2D eigenvalue weighted by Gasteiger charge is 2.11. The number of carbonyl (C=O) groups is 1. The Kier molecular flexibility index (Phi) is 2.12. The van der Waals surface area contributed by atoms with Crippen LogP contribution in [0.25, 0.3) is 16.0 Å². The summed E-state index contributed by atoms with van der Waals surface area (Å²) in [5.74, 6) is -0.460. The SMILES string of the molecule is O=C(O)c1ccn(-c2ncnc3ccsc23)n1. The molecule has 3 aromatic rings. The molecule has 3 heterocycles. The molecule has 3 aromatic heterocycles. The largest absolute Gasteiger partial charge is 0.476 e. The van der Waals surface area contributed by atoms with Gasteiger partial charge < -0.3 is 5.11 Å². The number of hydrogen-bond donors (Lipinski definition) is 1. The van der Waals surface area contributed by atoms with Crippen molar-refractivity contribution in [3.8, 4) is 5.82 Å². The summed E-state index contributed by atoms with van der Waals surface area (Å²) in [6.07, 6.45) is 3.01. The molecule has 3 rings (SSSR count). The van der Waals surface area contributed by atoms with Gasteiger partial charge in [-0.15, -0.1) is 11.3 Å². The highest BCUT2D eigenvalue weighted by Crippen LogP contribution is 2.23. The van der Waals surface area contributed by atoms with Gasteiger partial charge in [0.15, 0.2) is 11.5 Å². The van der Waals surface area contributed by atoms with E-state index < -0.39 is 5.97 Å². The molecule has 7 heteroatoms. The molecule has 0 fully saturated rings. The Balaban J connectivity index is 2.19. The zero-order valence-electron chi connectivity index (χ0n) is 8.44. The maximum absolute atomic E-state index is 10.8. The lowest BCUT2D eigenvalue weighted by Crippen LogP contribution is -2.02. The molecule has 0 radical (unpaired) electrons. The van der Waals surface area contributed by atoms with Gasteiger partial charge in [0.25, 0.3) is 0 Å². The standard InChI is InChI=1S/C10H6N4O2S/c15-10(16)7-1-3-14(13-7)9-8-6(2-4-17-8)11-5-12-9/h1-5H,(H,15,16). The molecule has 0 atom stereocenters. The normalized spacial score (nSPS) is 10.8. The molecule has 0 aliphatic carbocycles. The molecule has 0 aromatic carbocycles. The summed E-state index contributed by atoms with van der Waals surface area (Å²) in [7, 11) is 0. The third-order valence-electron chi connectivity index (χ3n) is 2.25. The molecule has 0 saturated heterocycles. The van der Waals surface area contributed by atoms with Crippen molar-refractivity contribution in [2.75, 3.05) is 0 Å². The van der Waals surface area contributed by atoms with E-state index in [1.807, 2.05) is 11.4 Å². The zero-order chi connectivity index (χ0) is 11.8. The van der Waals surface area contributed by atoms with Gasteiger partial charge in [0.2, 0.25) is 0 Å². The van der Waals surface area contributed by atoms with E-state index in [4.69, 9.17) is 5.11 Å². The maximum atomic E-state index is 10.8. The van der Waals surface area contributed by atoms with E-state index in [0.717, 1.165) is 10.2 Å². The van der Waals surface area contributed by atoms with Crippen LogP contribution in [0.3, 0.4) is 0 Å². The van der Waals surface area contributed by atoms with E-state index in [1.54, 1.807) is 6.20 Å². The Morgan fingerprint density at radius 3 is 3.00 bits per heavy atom. The summed E-state index contributed by atoms with van der Waals surface area (Å²) in [6.45, 7) is 0. The topological polar surface area (TPSA) is 80.9 Å². The average molecular weight is 246 g/mol. The van der Waals surface area contributed by atoms with Gasteiger partial charge >= 0.3 is 5.97 Å². The molecule has 0 aliphatic rings. The Bertz CT molecular complexity index is 703. The zero-order valence-corrected chi connectivity index (χ0v) is 9.26. The van der Waals surface area contributed by atoms with Crippen LogP contribution < -0.4 is 0 Å². The van der Waals surface area contributed by atoms with Gasteiger partial charge in [-0.25, -0.2) is 19.4 Å². The number of carboxylic acids is 1. The van der Waals surface area contributed by atoms with Gasteiger partial charge in [-0.2, -0.15) is 5.10 Å². The number of nitrogens with zero attached hydrogens (tertiary/aromatic N) is 4. The average Bonchev–Trinajstić information content (AvgIpc) is 2.97. The lowest BCUT2D eigenvalue weighted by molar-refractivity contribution is 0.0690. The van der Waals surface area contributed by atoms with Crippen molar-refractivity contribution in [1.82, 2.24) is 19.7 Å². The van der Waals surface area contributed by atoms with Crippen LogP contribution in [0, 0.1) is 0 Å². The first-order valence-electron chi connectivity index (χ1n) is 4.73. The van der Waals surface area contributed by atoms with E-state index in [1.165, 1.54) is 28.4 Å². The molecule has 1 N–H and O–H groups in total. The van der Waals surface area contributed by atoms with Crippen LogP contribution in [0.4, 0.5) is 0 Å². The molecule has 0 bridgehead atoms. The second-order valence-electron chi connectivity index (χ2n) is 3.28. The fourth-order valence-electron chi connectivity index (χ4n) is 1.50. The van der Waals surface area contributed by atoms with Crippen molar-refractivity contribution in [3.63, 3.8) is 0 Å². The summed E-state index contributed by atoms with van der Waals surface area (Å²) in [4.78, 5) is 19.0. The number of aromatic carboxylic acids is 1. The third kappa shape index (κ3) is 1.56. The molecular weight excluding hydrogens is 240 g/mol. The molecule has 6 nitrogen and oxygen atoms in total. The summed E-state index contributed by atoms with van der Waals surface area (Å²) >= 11 is 1.49. The molecule has 0 unspecified atom stereocenters. The van der Waals surface area contributed by atoms with Gasteiger partial charge in [-0.3, -0.25) is 0 Å². The number of hydrogen-bond acceptors (Lipinski definition) is 5. The second-order valence-corrected chi connectivity index (χ2v) is 4.20. The first-order valence-corrected chi connectivity index (χ1v) is 5.61. The lowest BCUT2D eigenvalue weighted by atomic mass is 10.4. The Labute approximate surface area is 99.2 Å². The molecule has 0 spiro atoms. The lowest BCUT2D eigenvalue weighted by Gasteiger charge is -2.00. The van der Waals surface area contributed by atoms with Crippen LogP contribution in [-0.4, -0.2) is 30.8 Å². The van der Waals surface area contributed by atoms with Gasteiger partial charge in [0, 0.05) is 6.20 Å². The van der Waals surface area contributed by atoms with Crippen molar-refractivity contribution in [2.45, 2.75) is 0 Å². The van der Waals surface area contributed by atoms with Crippen molar-refractivity contribution in [1.29, 1.82) is 0 Å². The van der Waals surface area contributed by atoms with Crippen LogP contribution in [-0.2, 0) is 0 Å². The number of rotatable bonds is 2. The van der Waals surface area contributed by atoms with Crippen molar-refractivity contribution in [2.24, 2.45) is 0 Å². The first kappa shape index (κ1) is 9.91. The maximum Gasteiger partial charge on any atom is 0.356 e. The van der Waals surface area contributed by atoms with Crippen LogP contribution >= 0.6 is 11.3 Å². The predicted octanol–water partition coefficient (Wildman–Crippen LogP) is 1.58. The Morgan fingerprint density at radius 2 is 2.24 bits per heavy atom. The Morgan fingerprint density at radius 1 is 1.35 bits per heavy atom. The van der Waals surface area contributed by atoms with Crippen molar-refractivity contribution in [3.05, 3.63) is 35.7 Å². The van der Waals surface area contributed by atoms with Crippen LogP contribution in [0.1, 0.15) is 10.5 Å². The van der Waals surface area contributed by atoms with E-state index in [2.05, 4.69) is 15.1 Å². The van der Waals surface area contributed by atoms with Crippen molar-refractivity contribution >= 4 is 27.5 Å².